The smallest absolute Gasteiger partial charge is 0.254 e. The Kier molecular flexibility index (Phi) is 6.54. The van der Waals surface area contributed by atoms with E-state index in [-0.39, 0.29) is 24.4 Å². The van der Waals surface area contributed by atoms with Gasteiger partial charge in [-0.25, -0.2) is 0 Å². The van der Waals surface area contributed by atoms with Gasteiger partial charge in [0, 0.05) is 31.7 Å². The van der Waals surface area contributed by atoms with E-state index in [9.17, 15) is 4.79 Å². The molecule has 128 valence electrons. The maximum absolute atomic E-state index is 12.5. The van der Waals surface area contributed by atoms with Crippen LogP contribution in [-0.4, -0.2) is 50.2 Å². The van der Waals surface area contributed by atoms with Crippen LogP contribution in [0, 0.1) is 0 Å². The van der Waals surface area contributed by atoms with Gasteiger partial charge < -0.3 is 19.7 Å². The van der Waals surface area contributed by atoms with Crippen molar-refractivity contribution in [1.29, 1.82) is 0 Å². The quantitative estimate of drug-likeness (QED) is 0.915. The Morgan fingerprint density at radius 1 is 1.17 bits per heavy atom. The first kappa shape index (κ1) is 17.9. The first-order chi connectivity index (χ1) is 10.8. The lowest BCUT2D eigenvalue weighted by Crippen LogP contribution is -2.46. The number of carbonyl (C=O) groups excluding carboxylic acids is 1. The highest BCUT2D eigenvalue weighted by Crippen LogP contribution is 2.32. The van der Waals surface area contributed by atoms with Gasteiger partial charge in [-0.1, -0.05) is 0 Å². The van der Waals surface area contributed by atoms with Gasteiger partial charge in [0.25, 0.3) is 5.91 Å². The Labute approximate surface area is 143 Å². The highest BCUT2D eigenvalue weighted by Gasteiger charge is 2.21. The van der Waals surface area contributed by atoms with Gasteiger partial charge in [0.1, 0.15) is 0 Å². The van der Waals surface area contributed by atoms with Crippen LogP contribution in [0.5, 0.6) is 11.5 Å². The van der Waals surface area contributed by atoms with Crippen LogP contribution in [0.2, 0.25) is 0 Å². The Balaban J connectivity index is 0.00000192. The number of ether oxygens (including phenoxy) is 2. The molecule has 3 rings (SSSR count). The predicted molar refractivity (Wildman–Crippen MR) is 91.9 cm³/mol. The second-order valence-electron chi connectivity index (χ2n) is 5.93. The van der Waals surface area contributed by atoms with Crippen molar-refractivity contribution in [3.8, 4) is 11.5 Å². The molecule has 0 atom stereocenters. The second-order valence-corrected chi connectivity index (χ2v) is 5.93. The average molecular weight is 341 g/mol. The molecule has 1 aromatic rings. The molecule has 1 saturated carbocycles. The molecule has 1 aliphatic carbocycles. The molecule has 0 spiro atoms. The van der Waals surface area contributed by atoms with Gasteiger partial charge in [0.15, 0.2) is 11.5 Å². The van der Waals surface area contributed by atoms with Crippen LogP contribution in [0.1, 0.15) is 36.0 Å². The number of nitrogens with zero attached hydrogens (tertiary/aromatic N) is 1. The van der Waals surface area contributed by atoms with Gasteiger partial charge in [-0.05, 0) is 43.9 Å². The van der Waals surface area contributed by atoms with Crippen molar-refractivity contribution < 1.29 is 14.3 Å². The van der Waals surface area contributed by atoms with Gasteiger partial charge in [-0.15, -0.1) is 12.4 Å². The molecule has 1 aromatic carbocycles. The molecule has 5 nitrogen and oxygen atoms in total. The van der Waals surface area contributed by atoms with Crippen molar-refractivity contribution in [2.75, 3.05) is 33.3 Å². The van der Waals surface area contributed by atoms with Gasteiger partial charge in [0.2, 0.25) is 0 Å². The zero-order valence-electron chi connectivity index (χ0n) is 13.5. The number of nitrogens with one attached hydrogen (secondary N) is 1. The van der Waals surface area contributed by atoms with E-state index in [0.717, 1.165) is 44.8 Å². The fourth-order valence-electron chi connectivity index (χ4n) is 3.13. The number of benzene rings is 1. The van der Waals surface area contributed by atoms with E-state index in [1.54, 1.807) is 13.2 Å². The molecular formula is C17H25ClN2O3. The van der Waals surface area contributed by atoms with Crippen molar-refractivity contribution in [3.63, 3.8) is 0 Å². The van der Waals surface area contributed by atoms with Gasteiger partial charge in [-0.2, -0.15) is 0 Å². The lowest BCUT2D eigenvalue weighted by molar-refractivity contribution is 0.0735. The molecule has 1 amide bonds. The summed E-state index contributed by atoms with van der Waals surface area (Å²) in [6.07, 6.45) is 4.94. The van der Waals surface area contributed by atoms with Crippen molar-refractivity contribution in [2.24, 2.45) is 0 Å². The number of piperazine rings is 1. The van der Waals surface area contributed by atoms with Gasteiger partial charge >= 0.3 is 0 Å². The van der Waals surface area contributed by atoms with Gasteiger partial charge in [0.05, 0.1) is 13.2 Å². The standard InChI is InChI=1S/C17H24N2O3.ClH/c1-21-16-12-13(17(20)19-10-8-18-9-11-19)6-7-15(16)22-14-4-2-3-5-14;/h6-7,12,14,18H,2-5,8-11H2,1H3;1H. The van der Waals surface area contributed by atoms with E-state index in [0.29, 0.717) is 11.3 Å². The molecule has 0 aromatic heterocycles. The largest absolute Gasteiger partial charge is 0.493 e. The first-order valence-electron chi connectivity index (χ1n) is 8.12. The summed E-state index contributed by atoms with van der Waals surface area (Å²) in [5, 5.41) is 3.25. The van der Waals surface area contributed by atoms with E-state index in [2.05, 4.69) is 5.32 Å². The topological polar surface area (TPSA) is 50.8 Å². The summed E-state index contributed by atoms with van der Waals surface area (Å²) in [5.74, 6) is 1.45. The lowest BCUT2D eigenvalue weighted by Gasteiger charge is -2.27. The summed E-state index contributed by atoms with van der Waals surface area (Å²) in [5.41, 5.74) is 0.664. The third-order valence-electron chi connectivity index (χ3n) is 4.41. The monoisotopic (exact) mass is 340 g/mol. The lowest BCUT2D eigenvalue weighted by atomic mass is 10.1. The SMILES string of the molecule is COc1cc(C(=O)N2CCNCC2)ccc1OC1CCCC1.Cl. The number of hydrogen-bond donors (Lipinski definition) is 1. The van der Waals surface area contributed by atoms with E-state index in [1.165, 1.54) is 12.8 Å². The third kappa shape index (κ3) is 4.30. The number of amides is 1. The molecule has 1 aliphatic heterocycles. The highest BCUT2D eigenvalue weighted by atomic mass is 35.5. The predicted octanol–water partition coefficient (Wildman–Crippen LogP) is 2.48. The maximum atomic E-state index is 12.5. The molecular weight excluding hydrogens is 316 g/mol. The number of hydrogen-bond acceptors (Lipinski definition) is 4. The zero-order chi connectivity index (χ0) is 15.4. The molecule has 2 fully saturated rings. The van der Waals surface area contributed by atoms with Crippen molar-refractivity contribution >= 4 is 18.3 Å². The van der Waals surface area contributed by atoms with Crippen LogP contribution in [0.4, 0.5) is 0 Å². The van der Waals surface area contributed by atoms with Crippen LogP contribution in [-0.2, 0) is 0 Å². The summed E-state index contributed by atoms with van der Waals surface area (Å²) in [4.78, 5) is 14.4. The minimum Gasteiger partial charge on any atom is -0.493 e. The number of methoxy groups -OCH3 is 1. The Hall–Kier alpha value is -1.46. The number of halogens is 1. The molecule has 1 saturated heterocycles. The fraction of sp³-hybridized carbons (Fsp3) is 0.588. The number of carbonyl (C=O) groups is 1. The Morgan fingerprint density at radius 2 is 1.87 bits per heavy atom. The van der Waals surface area contributed by atoms with E-state index >= 15 is 0 Å². The molecule has 0 unspecified atom stereocenters. The van der Waals surface area contributed by atoms with Crippen molar-refractivity contribution in [3.05, 3.63) is 23.8 Å². The minimum atomic E-state index is 0. The summed E-state index contributed by atoms with van der Waals surface area (Å²) >= 11 is 0. The summed E-state index contributed by atoms with van der Waals surface area (Å²) in [6, 6.07) is 5.51. The Morgan fingerprint density at radius 3 is 2.52 bits per heavy atom. The summed E-state index contributed by atoms with van der Waals surface area (Å²) in [7, 11) is 1.62. The second kappa shape index (κ2) is 8.41. The molecule has 1 heterocycles. The summed E-state index contributed by atoms with van der Waals surface area (Å²) in [6.45, 7) is 3.21. The molecule has 6 heteroatoms. The van der Waals surface area contributed by atoms with E-state index in [4.69, 9.17) is 9.47 Å². The maximum Gasteiger partial charge on any atom is 0.254 e. The van der Waals surface area contributed by atoms with Crippen LogP contribution < -0.4 is 14.8 Å². The molecule has 0 bridgehead atoms. The fourth-order valence-corrected chi connectivity index (χ4v) is 3.13. The normalized spacial score (nSPS) is 18.4. The molecule has 23 heavy (non-hydrogen) atoms. The summed E-state index contributed by atoms with van der Waals surface area (Å²) < 4.78 is 11.4. The van der Waals surface area contributed by atoms with E-state index < -0.39 is 0 Å². The zero-order valence-corrected chi connectivity index (χ0v) is 14.4. The average Bonchev–Trinajstić information content (AvgIpc) is 3.08. The third-order valence-corrected chi connectivity index (χ3v) is 4.41. The van der Waals surface area contributed by atoms with Crippen LogP contribution in [0.25, 0.3) is 0 Å². The Bertz CT molecular complexity index is 527. The van der Waals surface area contributed by atoms with Crippen LogP contribution in [0.15, 0.2) is 18.2 Å². The number of rotatable bonds is 4. The van der Waals surface area contributed by atoms with E-state index in [1.807, 2.05) is 17.0 Å². The van der Waals surface area contributed by atoms with Crippen LogP contribution >= 0.6 is 12.4 Å². The minimum absolute atomic E-state index is 0. The molecule has 2 aliphatic rings. The first-order valence-corrected chi connectivity index (χ1v) is 8.12. The van der Waals surface area contributed by atoms with Crippen LogP contribution in [0.3, 0.4) is 0 Å². The molecule has 0 radical (unpaired) electrons. The molecule has 1 N–H and O–H groups in total. The van der Waals surface area contributed by atoms with Crippen molar-refractivity contribution in [2.45, 2.75) is 31.8 Å². The van der Waals surface area contributed by atoms with Gasteiger partial charge in [-0.3, -0.25) is 4.79 Å². The van der Waals surface area contributed by atoms with Crippen molar-refractivity contribution in [1.82, 2.24) is 10.2 Å². The highest BCUT2D eigenvalue weighted by molar-refractivity contribution is 5.95.